The van der Waals surface area contributed by atoms with Crippen molar-refractivity contribution in [2.75, 3.05) is 44.2 Å². The molecule has 200 valence electrons. The number of hydrogen-bond donors (Lipinski definition) is 0. The minimum Gasteiger partial charge on any atom is -0.302 e. The van der Waals surface area contributed by atoms with E-state index < -0.39 is 15.8 Å². The van der Waals surface area contributed by atoms with Gasteiger partial charge in [0, 0.05) is 32.1 Å². The molecule has 0 aliphatic carbocycles. The highest BCUT2D eigenvalue weighted by atomic mass is 32.2. The Morgan fingerprint density at radius 3 is 2.35 bits per heavy atom. The number of fused-ring (bicyclic) bond motifs is 1. The molecular weight excluding hydrogens is 511 g/mol. The van der Waals surface area contributed by atoms with E-state index in [1.165, 1.54) is 33.3 Å². The number of rotatable bonds is 10. The topological polar surface area (TPSA) is 73.8 Å². The molecule has 37 heavy (non-hydrogen) atoms. The van der Waals surface area contributed by atoms with Crippen LogP contribution in [0.2, 0.25) is 0 Å². The zero-order chi connectivity index (χ0) is 26.6. The van der Waals surface area contributed by atoms with Crippen LogP contribution in [0.15, 0.2) is 47.4 Å². The summed E-state index contributed by atoms with van der Waals surface area (Å²) in [4.78, 5) is 22.8. The zero-order valence-electron chi connectivity index (χ0n) is 21.7. The Labute approximate surface area is 223 Å². The molecule has 4 rings (SSSR count). The summed E-state index contributed by atoms with van der Waals surface area (Å²) in [6.45, 7) is 9.91. The summed E-state index contributed by atoms with van der Waals surface area (Å²) >= 11 is 1.54. The summed E-state index contributed by atoms with van der Waals surface area (Å²) in [6, 6.07) is 11.1. The minimum atomic E-state index is -3.73. The maximum absolute atomic E-state index is 13.8. The van der Waals surface area contributed by atoms with Crippen molar-refractivity contribution in [2.45, 2.75) is 44.9 Å². The molecule has 2 aromatic carbocycles. The van der Waals surface area contributed by atoms with Crippen LogP contribution in [0.25, 0.3) is 10.2 Å². The molecule has 1 amide bonds. The molecule has 0 spiro atoms. The fraction of sp³-hybridized carbons (Fsp3) is 0.481. The molecule has 0 radical (unpaired) electrons. The van der Waals surface area contributed by atoms with Gasteiger partial charge in [-0.3, -0.25) is 9.69 Å². The number of aromatic nitrogens is 1. The number of carbonyl (C=O) groups is 1. The first-order valence-electron chi connectivity index (χ1n) is 13.0. The van der Waals surface area contributed by atoms with Crippen molar-refractivity contribution in [2.24, 2.45) is 5.92 Å². The highest BCUT2D eigenvalue weighted by Crippen LogP contribution is 2.32. The monoisotopic (exact) mass is 546 g/mol. The lowest BCUT2D eigenvalue weighted by Crippen LogP contribution is -2.46. The number of amides is 1. The minimum absolute atomic E-state index is 0.000701. The number of nitrogens with zero attached hydrogens (tertiary/aromatic N) is 4. The van der Waals surface area contributed by atoms with E-state index in [4.69, 9.17) is 4.98 Å². The van der Waals surface area contributed by atoms with Gasteiger partial charge < -0.3 is 4.90 Å². The quantitative estimate of drug-likeness (QED) is 0.366. The fourth-order valence-electron chi connectivity index (χ4n) is 4.69. The molecule has 0 bridgehead atoms. The van der Waals surface area contributed by atoms with Gasteiger partial charge in [0.1, 0.15) is 5.82 Å². The van der Waals surface area contributed by atoms with Crippen molar-refractivity contribution in [3.63, 3.8) is 0 Å². The maximum atomic E-state index is 13.8. The normalized spacial score (nSPS) is 15.5. The zero-order valence-corrected chi connectivity index (χ0v) is 23.3. The molecule has 1 aliphatic heterocycles. The van der Waals surface area contributed by atoms with E-state index in [0.717, 1.165) is 48.4 Å². The highest BCUT2D eigenvalue weighted by molar-refractivity contribution is 7.89. The van der Waals surface area contributed by atoms with Crippen LogP contribution in [0.1, 0.15) is 39.2 Å². The lowest BCUT2D eigenvalue weighted by Gasteiger charge is -2.33. The molecule has 1 aromatic heterocycles. The van der Waals surface area contributed by atoms with Gasteiger partial charge in [-0.15, -0.1) is 0 Å². The van der Waals surface area contributed by atoms with Gasteiger partial charge in [-0.05, 0) is 74.3 Å². The predicted octanol–water partition coefficient (Wildman–Crippen LogP) is 4.77. The number of sulfonamides is 1. The number of benzene rings is 2. The Kier molecular flexibility index (Phi) is 8.94. The molecule has 1 aliphatic rings. The Balaban J connectivity index is 1.52. The van der Waals surface area contributed by atoms with Gasteiger partial charge in [-0.1, -0.05) is 38.2 Å². The van der Waals surface area contributed by atoms with Crippen molar-refractivity contribution < 1.29 is 17.6 Å². The van der Waals surface area contributed by atoms with Crippen LogP contribution < -0.4 is 4.90 Å². The fourth-order valence-corrected chi connectivity index (χ4v) is 7.22. The third kappa shape index (κ3) is 6.19. The number of aryl methyl sites for hydroxylation is 1. The van der Waals surface area contributed by atoms with Gasteiger partial charge in [0.15, 0.2) is 5.13 Å². The Morgan fingerprint density at radius 2 is 1.73 bits per heavy atom. The van der Waals surface area contributed by atoms with E-state index in [1.807, 2.05) is 11.0 Å². The van der Waals surface area contributed by atoms with Crippen LogP contribution in [-0.2, 0) is 21.2 Å². The molecule has 2 heterocycles. The Hall–Kier alpha value is -2.40. The lowest BCUT2D eigenvalue weighted by molar-refractivity contribution is -0.123. The average Bonchev–Trinajstić information content (AvgIpc) is 3.34. The van der Waals surface area contributed by atoms with E-state index in [9.17, 15) is 17.6 Å². The largest absolute Gasteiger partial charge is 0.302 e. The molecule has 7 nitrogen and oxygen atoms in total. The van der Waals surface area contributed by atoms with Gasteiger partial charge in [0.05, 0.1) is 15.1 Å². The van der Waals surface area contributed by atoms with E-state index in [0.29, 0.717) is 24.5 Å². The molecule has 0 atom stereocenters. The van der Waals surface area contributed by atoms with Crippen molar-refractivity contribution in [3.8, 4) is 0 Å². The number of anilines is 1. The summed E-state index contributed by atoms with van der Waals surface area (Å²) in [5.41, 5.74) is 2.12. The number of halogens is 1. The third-order valence-corrected chi connectivity index (χ3v) is 10.1. The van der Waals surface area contributed by atoms with Gasteiger partial charge in [-0.2, -0.15) is 4.31 Å². The molecule has 0 N–H and O–H groups in total. The van der Waals surface area contributed by atoms with Crippen molar-refractivity contribution in [1.82, 2.24) is 14.2 Å². The Morgan fingerprint density at radius 1 is 1.05 bits per heavy atom. The smallest absolute Gasteiger partial charge is 0.243 e. The van der Waals surface area contributed by atoms with Gasteiger partial charge in [0.25, 0.3) is 0 Å². The third-order valence-electron chi connectivity index (χ3n) is 7.14. The number of piperidine rings is 1. The standard InChI is InChI=1S/C27H35FN4O3S2/c1-4-20-7-12-24-25(19-20)36-27(29-24)32(18-17-30(5-2)6-3)26(33)21-13-15-31(16-14-21)37(34,35)23-10-8-22(28)9-11-23/h7-12,19,21H,4-6,13-18H2,1-3H3. The summed E-state index contributed by atoms with van der Waals surface area (Å²) in [6.07, 6.45) is 1.81. The molecule has 10 heteroatoms. The van der Waals surface area contributed by atoms with Crippen LogP contribution >= 0.6 is 11.3 Å². The van der Waals surface area contributed by atoms with Gasteiger partial charge in [0.2, 0.25) is 15.9 Å². The van der Waals surface area contributed by atoms with Gasteiger partial charge in [-0.25, -0.2) is 17.8 Å². The van der Waals surface area contributed by atoms with Crippen molar-refractivity contribution >= 4 is 42.6 Å². The summed E-state index contributed by atoms with van der Waals surface area (Å²) in [5, 5.41) is 0.696. The predicted molar refractivity (Wildman–Crippen MR) is 147 cm³/mol. The van der Waals surface area contributed by atoms with E-state index >= 15 is 0 Å². The molecule has 1 fully saturated rings. The first-order valence-corrected chi connectivity index (χ1v) is 15.2. The second-order valence-electron chi connectivity index (χ2n) is 9.30. The van der Waals surface area contributed by atoms with Crippen LogP contribution in [-0.4, -0.2) is 67.8 Å². The molecule has 1 saturated heterocycles. The van der Waals surface area contributed by atoms with Crippen LogP contribution in [0.5, 0.6) is 0 Å². The molecule has 0 saturated carbocycles. The Bertz CT molecular complexity index is 1320. The second kappa shape index (κ2) is 12.0. The number of thiazole rings is 1. The van der Waals surface area contributed by atoms with Crippen LogP contribution in [0.3, 0.4) is 0 Å². The molecule has 3 aromatic rings. The summed E-state index contributed by atoms with van der Waals surface area (Å²) < 4.78 is 41.8. The number of hydrogen-bond acceptors (Lipinski definition) is 6. The van der Waals surface area contributed by atoms with Crippen molar-refractivity contribution in [3.05, 3.63) is 53.8 Å². The summed E-state index contributed by atoms with van der Waals surface area (Å²) in [5.74, 6) is -0.760. The van der Waals surface area contributed by atoms with Gasteiger partial charge >= 0.3 is 0 Å². The van der Waals surface area contributed by atoms with E-state index in [2.05, 4.69) is 37.8 Å². The summed E-state index contributed by atoms with van der Waals surface area (Å²) in [7, 11) is -3.73. The van der Waals surface area contributed by atoms with E-state index in [1.54, 1.807) is 0 Å². The maximum Gasteiger partial charge on any atom is 0.243 e. The lowest BCUT2D eigenvalue weighted by atomic mass is 9.96. The molecular formula is C27H35FN4O3S2. The van der Waals surface area contributed by atoms with Crippen molar-refractivity contribution in [1.29, 1.82) is 0 Å². The number of carbonyl (C=O) groups excluding carboxylic acids is 1. The first-order chi connectivity index (χ1) is 17.8. The average molecular weight is 547 g/mol. The molecule has 0 unspecified atom stereocenters. The van der Waals surface area contributed by atoms with Crippen LogP contribution in [0, 0.1) is 11.7 Å². The number of likely N-dealkylation sites (N-methyl/N-ethyl adjacent to an activating group) is 1. The highest BCUT2D eigenvalue weighted by Gasteiger charge is 2.35. The SMILES string of the molecule is CCc1ccc2nc(N(CCN(CC)CC)C(=O)C3CCN(S(=O)(=O)c4ccc(F)cc4)CC3)sc2c1. The first kappa shape index (κ1) is 27.6. The van der Waals surface area contributed by atoms with Crippen LogP contribution in [0.4, 0.5) is 9.52 Å². The van der Waals surface area contributed by atoms with E-state index in [-0.39, 0.29) is 29.8 Å². The second-order valence-corrected chi connectivity index (χ2v) is 12.2.